The molecule has 46 heavy (non-hydrogen) atoms. The van der Waals surface area contributed by atoms with E-state index in [1.165, 1.54) is 17.2 Å². The van der Waals surface area contributed by atoms with Gasteiger partial charge < -0.3 is 19.1 Å². The summed E-state index contributed by atoms with van der Waals surface area (Å²) in [5, 5.41) is 4.57. The topological polar surface area (TPSA) is 101 Å². The number of nitrogens with one attached hydrogen (secondary N) is 1. The zero-order chi connectivity index (χ0) is 31.7. The quantitative estimate of drug-likeness (QED) is 0.186. The van der Waals surface area contributed by atoms with Crippen LogP contribution in [-0.2, 0) is 11.3 Å². The lowest BCUT2D eigenvalue weighted by Gasteiger charge is -2.31. The first-order valence-corrected chi connectivity index (χ1v) is 14.9. The second kappa shape index (κ2) is 12.0. The number of para-hydroxylation sites is 1. The summed E-state index contributed by atoms with van der Waals surface area (Å²) in [6.07, 6.45) is 7.26. The number of amides is 2. The van der Waals surface area contributed by atoms with Crippen LogP contribution < -0.4 is 5.32 Å². The highest BCUT2D eigenvalue weighted by atomic mass is 19.3. The Morgan fingerprint density at radius 1 is 0.935 bits per heavy atom. The van der Waals surface area contributed by atoms with Gasteiger partial charge in [-0.05, 0) is 60.2 Å². The number of benzene rings is 2. The van der Waals surface area contributed by atoms with Gasteiger partial charge in [0.1, 0.15) is 22.7 Å². The number of carbonyl (C=O) groups excluding carboxylic acids is 2. The number of hydrogen-bond acceptors (Lipinski definition) is 6. The van der Waals surface area contributed by atoms with Crippen LogP contribution in [0.5, 0.6) is 0 Å². The third-order valence-electron chi connectivity index (χ3n) is 8.00. The Labute approximate surface area is 262 Å². The number of nitrogens with zero attached hydrogens (tertiary/aromatic N) is 3. The maximum atomic E-state index is 13.6. The highest BCUT2D eigenvalue weighted by Crippen LogP contribution is 2.38. The van der Waals surface area contributed by atoms with Crippen molar-refractivity contribution in [2.75, 3.05) is 13.1 Å². The van der Waals surface area contributed by atoms with Gasteiger partial charge in [-0.15, -0.1) is 0 Å². The number of furan rings is 2. The van der Waals surface area contributed by atoms with Crippen LogP contribution in [0.2, 0.25) is 0 Å². The highest BCUT2D eigenvalue weighted by Gasteiger charge is 2.35. The van der Waals surface area contributed by atoms with Gasteiger partial charge in [-0.2, -0.15) is 0 Å². The standard InChI is InChI=1S/C36H28F2N4O4/c37-36(38)11-14-42(15-12-36)35(44)25-8-9-30(40-21-25)26-16-27-17-28(22-41-33(43)10-7-23-4-3-13-39-20-23)45-34(27)29(18-26)32-19-24-5-1-2-6-31(24)46-32/h1-10,13,16-21H,11-12,14-15,22H2,(H,41,43)/b10-7-. The van der Waals surface area contributed by atoms with Gasteiger partial charge in [0, 0.05) is 66.9 Å². The number of halogens is 2. The minimum absolute atomic E-state index is 0.00911. The van der Waals surface area contributed by atoms with E-state index in [0.717, 1.165) is 27.5 Å². The SMILES string of the molecule is O=C(/C=C\c1cccnc1)NCc1cc2cc(-c3ccc(C(=O)N4CCC(F)(F)CC4)cn3)cc(-c3cc4ccccc4o3)c2o1. The van der Waals surface area contributed by atoms with Crippen molar-refractivity contribution in [2.24, 2.45) is 0 Å². The fraction of sp³-hybridized carbons (Fsp3) is 0.167. The van der Waals surface area contributed by atoms with Crippen LogP contribution >= 0.6 is 0 Å². The Bertz CT molecular complexity index is 2040. The Morgan fingerprint density at radius 3 is 2.54 bits per heavy atom. The monoisotopic (exact) mass is 618 g/mol. The summed E-state index contributed by atoms with van der Waals surface area (Å²) >= 11 is 0. The Hall–Kier alpha value is -5.64. The van der Waals surface area contributed by atoms with Gasteiger partial charge in [0.2, 0.25) is 5.91 Å². The first-order valence-electron chi connectivity index (χ1n) is 14.9. The van der Waals surface area contributed by atoms with Gasteiger partial charge in [-0.3, -0.25) is 19.6 Å². The number of likely N-dealkylation sites (tertiary alicyclic amines) is 1. The van der Waals surface area contributed by atoms with Gasteiger partial charge in [0.05, 0.1) is 23.4 Å². The lowest BCUT2D eigenvalue weighted by atomic mass is 10.0. The first-order chi connectivity index (χ1) is 22.3. The zero-order valence-corrected chi connectivity index (χ0v) is 24.6. The molecule has 7 rings (SSSR count). The predicted molar refractivity (Wildman–Crippen MR) is 170 cm³/mol. The zero-order valence-electron chi connectivity index (χ0n) is 24.6. The van der Waals surface area contributed by atoms with Gasteiger partial charge in [-0.25, -0.2) is 8.78 Å². The number of pyridine rings is 2. The fourth-order valence-corrected chi connectivity index (χ4v) is 5.53. The Morgan fingerprint density at radius 2 is 1.78 bits per heavy atom. The number of fused-ring (bicyclic) bond motifs is 2. The Kier molecular flexibility index (Phi) is 7.61. The van der Waals surface area contributed by atoms with E-state index in [9.17, 15) is 18.4 Å². The average Bonchev–Trinajstić information content (AvgIpc) is 3.70. The number of piperidine rings is 1. The molecule has 10 heteroatoms. The molecule has 0 saturated carbocycles. The molecular weight excluding hydrogens is 590 g/mol. The molecule has 0 bridgehead atoms. The van der Waals surface area contributed by atoms with Gasteiger partial charge >= 0.3 is 0 Å². The average molecular weight is 619 g/mol. The van der Waals surface area contributed by atoms with Crippen LogP contribution in [0, 0.1) is 0 Å². The minimum Gasteiger partial charge on any atom is -0.458 e. The fourth-order valence-electron chi connectivity index (χ4n) is 5.53. The second-order valence-electron chi connectivity index (χ2n) is 11.2. The van der Waals surface area contributed by atoms with Crippen LogP contribution in [0.4, 0.5) is 8.78 Å². The lowest BCUT2D eigenvalue weighted by molar-refractivity contribution is -0.116. The largest absolute Gasteiger partial charge is 0.458 e. The van der Waals surface area contributed by atoms with E-state index in [1.54, 1.807) is 36.7 Å². The summed E-state index contributed by atoms with van der Waals surface area (Å²) in [6.45, 7) is 0.182. The lowest BCUT2D eigenvalue weighted by Crippen LogP contribution is -2.42. The first kappa shape index (κ1) is 29.1. The van der Waals surface area contributed by atoms with Gasteiger partial charge in [-0.1, -0.05) is 24.3 Å². The molecule has 1 fully saturated rings. The minimum atomic E-state index is -2.73. The second-order valence-corrected chi connectivity index (χ2v) is 11.2. The molecule has 2 amide bonds. The maximum Gasteiger partial charge on any atom is 0.255 e. The van der Waals surface area contributed by atoms with Crippen molar-refractivity contribution < 1.29 is 27.2 Å². The molecule has 1 N–H and O–H groups in total. The van der Waals surface area contributed by atoms with Crippen molar-refractivity contribution >= 4 is 39.8 Å². The maximum absolute atomic E-state index is 13.6. The van der Waals surface area contributed by atoms with E-state index in [2.05, 4.69) is 15.3 Å². The molecule has 8 nitrogen and oxygen atoms in total. The summed E-state index contributed by atoms with van der Waals surface area (Å²) in [6, 6.07) is 22.4. The van der Waals surface area contributed by atoms with Crippen LogP contribution in [0.1, 0.15) is 34.5 Å². The van der Waals surface area contributed by atoms with E-state index < -0.39 is 5.92 Å². The van der Waals surface area contributed by atoms with Crippen molar-refractivity contribution in [3.63, 3.8) is 0 Å². The molecule has 0 radical (unpaired) electrons. The summed E-state index contributed by atoms with van der Waals surface area (Å²) in [7, 11) is 0. The molecule has 6 aromatic rings. The Balaban J connectivity index is 1.18. The van der Waals surface area contributed by atoms with Crippen molar-refractivity contribution in [3.8, 4) is 22.6 Å². The molecule has 2 aromatic carbocycles. The molecule has 5 heterocycles. The molecule has 1 saturated heterocycles. The van der Waals surface area contributed by atoms with Crippen molar-refractivity contribution in [1.82, 2.24) is 20.2 Å². The van der Waals surface area contributed by atoms with Crippen LogP contribution in [0.15, 0.2) is 106 Å². The number of aromatic nitrogens is 2. The molecule has 0 spiro atoms. The number of hydrogen-bond donors (Lipinski definition) is 1. The van der Waals surface area contributed by atoms with Crippen molar-refractivity contribution in [3.05, 3.63) is 114 Å². The van der Waals surface area contributed by atoms with Crippen molar-refractivity contribution in [1.29, 1.82) is 0 Å². The van der Waals surface area contributed by atoms with Crippen molar-refractivity contribution in [2.45, 2.75) is 25.3 Å². The van der Waals surface area contributed by atoms with Crippen LogP contribution in [-0.4, -0.2) is 45.7 Å². The van der Waals surface area contributed by atoms with Crippen LogP contribution in [0.3, 0.4) is 0 Å². The van der Waals surface area contributed by atoms with E-state index in [0.29, 0.717) is 33.9 Å². The van der Waals surface area contributed by atoms with E-state index in [1.807, 2.05) is 54.6 Å². The molecule has 0 atom stereocenters. The number of alkyl halides is 2. The molecular formula is C36H28F2N4O4. The third kappa shape index (κ3) is 6.14. The molecule has 4 aromatic heterocycles. The number of carbonyl (C=O) groups is 2. The summed E-state index contributed by atoms with van der Waals surface area (Å²) in [5.41, 5.74) is 4.54. The predicted octanol–water partition coefficient (Wildman–Crippen LogP) is 7.50. The molecule has 0 aliphatic carbocycles. The molecule has 1 aliphatic heterocycles. The normalized spacial score (nSPS) is 14.7. The molecule has 1 aliphatic rings. The number of rotatable bonds is 7. The third-order valence-corrected chi connectivity index (χ3v) is 8.00. The van der Waals surface area contributed by atoms with E-state index in [4.69, 9.17) is 8.83 Å². The molecule has 230 valence electrons. The van der Waals surface area contributed by atoms with Gasteiger partial charge in [0.25, 0.3) is 11.8 Å². The van der Waals surface area contributed by atoms with E-state index >= 15 is 0 Å². The van der Waals surface area contributed by atoms with Gasteiger partial charge in [0.15, 0.2) is 0 Å². The van der Waals surface area contributed by atoms with E-state index in [-0.39, 0.29) is 44.3 Å². The highest BCUT2D eigenvalue weighted by molar-refractivity contribution is 5.98. The summed E-state index contributed by atoms with van der Waals surface area (Å²) < 4.78 is 39.6. The molecule has 0 unspecified atom stereocenters. The smallest absolute Gasteiger partial charge is 0.255 e. The summed E-state index contributed by atoms with van der Waals surface area (Å²) in [4.78, 5) is 35.5. The summed E-state index contributed by atoms with van der Waals surface area (Å²) in [5.74, 6) is -2.17. The van der Waals surface area contributed by atoms with Crippen LogP contribution in [0.25, 0.3) is 50.6 Å².